The first-order valence-electron chi connectivity index (χ1n) is 10.7. The Labute approximate surface area is 207 Å². The largest absolute Gasteiger partial charge is 0.497 e. The maximum atomic E-state index is 13.4. The summed E-state index contributed by atoms with van der Waals surface area (Å²) in [5.41, 5.74) is 0.388. The Balaban J connectivity index is 1.91. The van der Waals surface area contributed by atoms with Crippen molar-refractivity contribution in [3.05, 3.63) is 58.6 Å². The fraction of sp³-hybridized carbons (Fsp3) is 0.250. The molecule has 0 saturated heterocycles. The maximum Gasteiger partial charge on any atom is 0.416 e. The second-order valence-corrected chi connectivity index (χ2v) is 9.17. The van der Waals surface area contributed by atoms with Crippen LogP contribution in [0, 0.1) is 0 Å². The van der Waals surface area contributed by atoms with Crippen LogP contribution < -0.4 is 10.1 Å². The lowest BCUT2D eigenvalue weighted by molar-refractivity contribution is -0.137. The van der Waals surface area contributed by atoms with Crippen LogP contribution in [0.4, 0.5) is 13.2 Å². The number of ether oxygens (including phenoxy) is 1. The Bertz CT molecular complexity index is 1460. The van der Waals surface area contributed by atoms with Crippen LogP contribution in [0.5, 0.6) is 5.75 Å². The summed E-state index contributed by atoms with van der Waals surface area (Å²) >= 11 is 1.30. The highest BCUT2D eigenvalue weighted by Crippen LogP contribution is 2.38. The molecule has 4 aromatic rings. The van der Waals surface area contributed by atoms with Gasteiger partial charge in [0, 0.05) is 15.8 Å². The van der Waals surface area contributed by atoms with Gasteiger partial charge in [0.2, 0.25) is 5.13 Å². The lowest BCUT2D eigenvalue weighted by Crippen LogP contribution is -2.29. The SMILES string of the molecule is COc1cccc(-c2nc(-n3nc(C(=O)NCC(=O)O)c4cc(C(F)(F)F)ccc43)sc2C(C)C)c1. The van der Waals surface area contributed by atoms with E-state index in [0.717, 1.165) is 22.6 Å². The topological polar surface area (TPSA) is 106 Å². The fourth-order valence-corrected chi connectivity index (χ4v) is 4.68. The van der Waals surface area contributed by atoms with Gasteiger partial charge in [0.15, 0.2) is 5.69 Å². The molecule has 0 spiro atoms. The number of hydrogen-bond acceptors (Lipinski definition) is 6. The number of aliphatic carboxylic acids is 1. The van der Waals surface area contributed by atoms with Gasteiger partial charge in [-0.15, -0.1) is 0 Å². The second-order valence-electron chi connectivity index (χ2n) is 8.16. The zero-order valence-electron chi connectivity index (χ0n) is 19.4. The number of benzene rings is 2. The van der Waals surface area contributed by atoms with Crippen LogP contribution in [0.25, 0.3) is 27.3 Å². The first-order valence-corrected chi connectivity index (χ1v) is 11.6. The number of carboxylic acid groups (broad SMARTS) is 1. The van der Waals surface area contributed by atoms with Gasteiger partial charge in [-0.1, -0.05) is 37.3 Å². The smallest absolute Gasteiger partial charge is 0.416 e. The molecular formula is C24H21F3N4O4S. The van der Waals surface area contributed by atoms with E-state index in [4.69, 9.17) is 14.8 Å². The minimum absolute atomic E-state index is 0.0643. The van der Waals surface area contributed by atoms with Crippen molar-refractivity contribution < 1.29 is 32.6 Å². The zero-order chi connectivity index (χ0) is 26.2. The third-order valence-corrected chi connectivity index (χ3v) is 6.64. The summed E-state index contributed by atoms with van der Waals surface area (Å²) < 4.78 is 46.8. The van der Waals surface area contributed by atoms with Crippen molar-refractivity contribution in [3.63, 3.8) is 0 Å². The van der Waals surface area contributed by atoms with E-state index < -0.39 is 30.2 Å². The molecule has 2 aromatic carbocycles. The Morgan fingerprint density at radius 2 is 1.94 bits per heavy atom. The van der Waals surface area contributed by atoms with Crippen LogP contribution in [0.15, 0.2) is 42.5 Å². The number of aromatic nitrogens is 3. The summed E-state index contributed by atoms with van der Waals surface area (Å²) in [6.07, 6.45) is -4.64. The van der Waals surface area contributed by atoms with E-state index in [9.17, 15) is 22.8 Å². The number of alkyl halides is 3. The molecule has 0 aliphatic rings. The molecule has 2 heterocycles. The normalized spacial score (nSPS) is 11.8. The summed E-state index contributed by atoms with van der Waals surface area (Å²) in [6, 6.07) is 10.3. The van der Waals surface area contributed by atoms with Crippen LogP contribution >= 0.6 is 11.3 Å². The van der Waals surface area contributed by atoms with Crippen LogP contribution in [0.1, 0.15) is 40.7 Å². The van der Waals surface area contributed by atoms with Crippen molar-refractivity contribution in [2.45, 2.75) is 25.9 Å². The van der Waals surface area contributed by atoms with Crippen molar-refractivity contribution in [2.75, 3.05) is 13.7 Å². The van der Waals surface area contributed by atoms with Gasteiger partial charge >= 0.3 is 12.1 Å². The average molecular weight is 519 g/mol. The summed E-state index contributed by atoms with van der Waals surface area (Å²) in [5, 5.41) is 15.6. The predicted octanol–water partition coefficient (Wildman–Crippen LogP) is 5.11. The zero-order valence-corrected chi connectivity index (χ0v) is 20.2. The number of thiazole rings is 1. The molecule has 0 unspecified atom stereocenters. The summed E-state index contributed by atoms with van der Waals surface area (Å²) in [7, 11) is 1.55. The third kappa shape index (κ3) is 4.89. The van der Waals surface area contributed by atoms with E-state index in [1.54, 1.807) is 13.2 Å². The van der Waals surface area contributed by atoms with Crippen molar-refractivity contribution >= 4 is 34.1 Å². The number of amides is 1. The molecule has 4 rings (SSSR count). The number of nitrogens with one attached hydrogen (secondary N) is 1. The Hall–Kier alpha value is -3.93. The van der Waals surface area contributed by atoms with Crippen molar-refractivity contribution in [3.8, 4) is 22.1 Å². The van der Waals surface area contributed by atoms with Crippen LogP contribution in [-0.2, 0) is 11.0 Å². The molecule has 1 amide bonds. The Kier molecular flexibility index (Phi) is 6.72. The van der Waals surface area contributed by atoms with E-state index in [0.29, 0.717) is 16.6 Å². The van der Waals surface area contributed by atoms with Crippen LogP contribution in [-0.4, -0.2) is 45.4 Å². The lowest BCUT2D eigenvalue weighted by Gasteiger charge is -2.07. The first-order chi connectivity index (χ1) is 17.0. The predicted molar refractivity (Wildman–Crippen MR) is 128 cm³/mol. The quantitative estimate of drug-likeness (QED) is 0.352. The van der Waals surface area contributed by atoms with Gasteiger partial charge in [-0.3, -0.25) is 9.59 Å². The Morgan fingerprint density at radius 3 is 2.58 bits per heavy atom. The van der Waals surface area contributed by atoms with Crippen molar-refractivity contribution in [2.24, 2.45) is 0 Å². The molecule has 8 nitrogen and oxygen atoms in total. The van der Waals surface area contributed by atoms with Gasteiger partial charge in [-0.2, -0.15) is 18.3 Å². The molecule has 0 saturated carbocycles. The minimum atomic E-state index is -4.64. The second kappa shape index (κ2) is 9.61. The van der Waals surface area contributed by atoms with Crippen LogP contribution in [0.2, 0.25) is 0 Å². The summed E-state index contributed by atoms with van der Waals surface area (Å²) in [5.74, 6) is -1.51. The molecule has 188 valence electrons. The maximum absolute atomic E-state index is 13.4. The van der Waals surface area contributed by atoms with Crippen LogP contribution in [0.3, 0.4) is 0 Å². The molecule has 0 fully saturated rings. The van der Waals surface area contributed by atoms with Gasteiger partial charge in [-0.25, -0.2) is 9.67 Å². The molecule has 2 aromatic heterocycles. The molecule has 0 bridgehead atoms. The minimum Gasteiger partial charge on any atom is -0.497 e. The van der Waals surface area contributed by atoms with Gasteiger partial charge in [0.05, 0.1) is 23.9 Å². The van der Waals surface area contributed by atoms with E-state index >= 15 is 0 Å². The fourth-order valence-electron chi connectivity index (χ4n) is 3.63. The summed E-state index contributed by atoms with van der Waals surface area (Å²) in [4.78, 5) is 29.2. The Morgan fingerprint density at radius 1 is 1.19 bits per heavy atom. The molecule has 0 aliphatic carbocycles. The number of hydrogen-bond donors (Lipinski definition) is 2. The summed E-state index contributed by atoms with van der Waals surface area (Å²) in [6.45, 7) is 3.27. The molecule has 0 atom stereocenters. The average Bonchev–Trinajstić information content (AvgIpc) is 3.44. The van der Waals surface area contributed by atoms with E-state index in [2.05, 4.69) is 10.4 Å². The molecule has 12 heteroatoms. The molecular weight excluding hydrogens is 497 g/mol. The number of nitrogens with zero attached hydrogens (tertiary/aromatic N) is 3. The highest BCUT2D eigenvalue weighted by atomic mass is 32.1. The van der Waals surface area contributed by atoms with E-state index in [-0.39, 0.29) is 22.5 Å². The number of carbonyl (C=O) groups is 2. The van der Waals surface area contributed by atoms with Gasteiger partial charge < -0.3 is 15.2 Å². The number of fused-ring (bicyclic) bond motifs is 1. The number of methoxy groups -OCH3 is 1. The first kappa shape index (κ1) is 25.2. The van der Waals surface area contributed by atoms with E-state index in [1.165, 1.54) is 22.1 Å². The monoisotopic (exact) mass is 518 g/mol. The van der Waals surface area contributed by atoms with Gasteiger partial charge in [0.1, 0.15) is 12.3 Å². The molecule has 36 heavy (non-hydrogen) atoms. The highest BCUT2D eigenvalue weighted by Gasteiger charge is 2.32. The van der Waals surface area contributed by atoms with Gasteiger partial charge in [0.25, 0.3) is 5.91 Å². The van der Waals surface area contributed by atoms with E-state index in [1.807, 2.05) is 32.0 Å². The number of carboxylic acids is 1. The molecule has 0 aliphatic heterocycles. The third-order valence-electron chi connectivity index (χ3n) is 5.31. The molecule has 2 N–H and O–H groups in total. The van der Waals surface area contributed by atoms with Crippen molar-refractivity contribution in [1.82, 2.24) is 20.1 Å². The number of carbonyl (C=O) groups excluding carboxylic acids is 1. The van der Waals surface area contributed by atoms with Crippen molar-refractivity contribution in [1.29, 1.82) is 0 Å². The standard InChI is InChI=1S/C24H21F3N4O4S/c1-12(2)21-19(13-5-4-6-15(9-13)35-3)29-23(36-21)31-17-8-7-14(24(25,26)27)10-16(17)20(30-31)22(34)28-11-18(32)33/h4-10,12H,11H2,1-3H3,(H,28,34)(H,32,33). The number of rotatable bonds is 7. The molecule has 0 radical (unpaired) electrons. The van der Waals surface area contributed by atoms with Gasteiger partial charge in [-0.05, 0) is 36.2 Å². The number of halogens is 3. The lowest BCUT2D eigenvalue weighted by atomic mass is 10.1. The highest BCUT2D eigenvalue weighted by molar-refractivity contribution is 7.14.